The highest BCUT2D eigenvalue weighted by atomic mass is 16.3. The summed E-state index contributed by atoms with van der Waals surface area (Å²) in [5.41, 5.74) is 6.22. The minimum absolute atomic E-state index is 0.569. The lowest BCUT2D eigenvalue weighted by Crippen LogP contribution is -2.49. The molecule has 2 nitrogen and oxygen atoms in total. The summed E-state index contributed by atoms with van der Waals surface area (Å²) in [7, 11) is 0. The number of aliphatic hydroxyl groups excluding tert-OH is 1. The van der Waals surface area contributed by atoms with E-state index in [0.29, 0.717) is 6.42 Å². The average Bonchev–Trinajstić information content (AvgIpc) is 2.17. The summed E-state index contributed by atoms with van der Waals surface area (Å²) in [4.78, 5) is 0. The number of hydrogen-bond donors (Lipinski definition) is 2. The SMILES string of the molecule is C#CC(O)C(C)(N)Cc1ccccc1. The van der Waals surface area contributed by atoms with Crippen LogP contribution in [0.4, 0.5) is 0 Å². The Morgan fingerprint density at radius 3 is 2.57 bits per heavy atom. The normalized spacial score (nSPS) is 16.7. The van der Waals surface area contributed by atoms with Crippen LogP contribution in [0.5, 0.6) is 0 Å². The van der Waals surface area contributed by atoms with Gasteiger partial charge >= 0.3 is 0 Å². The van der Waals surface area contributed by atoms with Gasteiger partial charge in [-0.05, 0) is 18.9 Å². The fourth-order valence-corrected chi connectivity index (χ4v) is 1.32. The predicted molar refractivity (Wildman–Crippen MR) is 57.6 cm³/mol. The molecule has 14 heavy (non-hydrogen) atoms. The lowest BCUT2D eigenvalue weighted by Gasteiger charge is -2.27. The lowest BCUT2D eigenvalue weighted by molar-refractivity contribution is 0.145. The zero-order valence-electron chi connectivity index (χ0n) is 8.27. The summed E-state index contributed by atoms with van der Waals surface area (Å²) < 4.78 is 0. The first-order valence-corrected chi connectivity index (χ1v) is 4.53. The minimum atomic E-state index is -0.914. The topological polar surface area (TPSA) is 46.2 Å². The van der Waals surface area contributed by atoms with Gasteiger partial charge in [0.25, 0.3) is 0 Å². The highest BCUT2D eigenvalue weighted by molar-refractivity contribution is 5.20. The summed E-state index contributed by atoms with van der Waals surface area (Å²) in [5, 5.41) is 9.49. The van der Waals surface area contributed by atoms with Gasteiger partial charge in [-0.3, -0.25) is 0 Å². The van der Waals surface area contributed by atoms with Crippen LogP contribution in [0.25, 0.3) is 0 Å². The van der Waals surface area contributed by atoms with E-state index in [1.54, 1.807) is 6.92 Å². The van der Waals surface area contributed by atoms with Crippen LogP contribution in [0.2, 0.25) is 0 Å². The van der Waals surface area contributed by atoms with Gasteiger partial charge in [-0.15, -0.1) is 6.42 Å². The number of rotatable bonds is 3. The molecule has 0 amide bonds. The summed E-state index contributed by atoms with van der Waals surface area (Å²) in [6.45, 7) is 1.75. The van der Waals surface area contributed by atoms with Gasteiger partial charge in [0.2, 0.25) is 0 Å². The van der Waals surface area contributed by atoms with Gasteiger partial charge in [0, 0.05) is 0 Å². The number of benzene rings is 1. The maximum absolute atomic E-state index is 9.49. The Kier molecular flexibility index (Phi) is 3.29. The fraction of sp³-hybridized carbons (Fsp3) is 0.333. The molecule has 0 saturated heterocycles. The van der Waals surface area contributed by atoms with E-state index in [1.807, 2.05) is 30.3 Å². The molecule has 2 atom stereocenters. The molecule has 0 fully saturated rings. The second-order valence-corrected chi connectivity index (χ2v) is 3.74. The Bertz CT molecular complexity index is 324. The first kappa shape index (κ1) is 10.8. The third-order valence-corrected chi connectivity index (χ3v) is 2.21. The molecule has 1 aromatic rings. The summed E-state index contributed by atoms with van der Waals surface area (Å²) in [6.07, 6.45) is 4.79. The maximum Gasteiger partial charge on any atom is 0.132 e. The first-order valence-electron chi connectivity index (χ1n) is 4.53. The van der Waals surface area contributed by atoms with Crippen molar-refractivity contribution < 1.29 is 5.11 Å². The van der Waals surface area contributed by atoms with E-state index >= 15 is 0 Å². The van der Waals surface area contributed by atoms with Crippen LogP contribution >= 0.6 is 0 Å². The molecule has 0 aromatic heterocycles. The zero-order chi connectivity index (χ0) is 10.6. The second kappa shape index (κ2) is 4.28. The van der Waals surface area contributed by atoms with E-state index in [9.17, 15) is 5.11 Å². The van der Waals surface area contributed by atoms with Gasteiger partial charge < -0.3 is 10.8 Å². The van der Waals surface area contributed by atoms with E-state index in [-0.39, 0.29) is 0 Å². The third-order valence-electron chi connectivity index (χ3n) is 2.21. The molecule has 2 unspecified atom stereocenters. The predicted octanol–water partition coefficient (Wildman–Crippen LogP) is 0.941. The molecular weight excluding hydrogens is 174 g/mol. The van der Waals surface area contributed by atoms with Crippen molar-refractivity contribution in [1.82, 2.24) is 0 Å². The molecule has 0 bridgehead atoms. The maximum atomic E-state index is 9.49. The van der Waals surface area contributed by atoms with Gasteiger partial charge in [0.05, 0.1) is 5.54 Å². The number of terminal acetylenes is 1. The van der Waals surface area contributed by atoms with Gasteiger partial charge in [0.1, 0.15) is 6.10 Å². The standard InChI is InChI=1S/C12H15NO/c1-3-11(14)12(2,13)9-10-7-5-4-6-8-10/h1,4-8,11,14H,9,13H2,2H3. The number of aliphatic hydroxyl groups is 1. The third kappa shape index (κ3) is 2.59. The molecule has 0 spiro atoms. The molecule has 0 heterocycles. The van der Waals surface area contributed by atoms with Crippen molar-refractivity contribution in [3.8, 4) is 12.3 Å². The molecule has 74 valence electrons. The Hall–Kier alpha value is -1.30. The Labute approximate surface area is 84.8 Å². The first-order chi connectivity index (χ1) is 6.56. The fourth-order valence-electron chi connectivity index (χ4n) is 1.32. The van der Waals surface area contributed by atoms with Gasteiger partial charge in [-0.1, -0.05) is 36.3 Å². The van der Waals surface area contributed by atoms with Crippen molar-refractivity contribution in [3.63, 3.8) is 0 Å². The van der Waals surface area contributed by atoms with Crippen molar-refractivity contribution in [2.24, 2.45) is 5.73 Å². The summed E-state index contributed by atoms with van der Waals surface area (Å²) >= 11 is 0. The minimum Gasteiger partial charge on any atom is -0.378 e. The average molecular weight is 189 g/mol. The van der Waals surface area contributed by atoms with Gasteiger partial charge in [0.15, 0.2) is 0 Å². The molecule has 3 N–H and O–H groups in total. The van der Waals surface area contributed by atoms with Crippen LogP contribution in [0.1, 0.15) is 12.5 Å². The van der Waals surface area contributed by atoms with Gasteiger partial charge in [-0.2, -0.15) is 0 Å². The molecule has 2 heteroatoms. The number of nitrogens with two attached hydrogens (primary N) is 1. The molecule has 0 aliphatic rings. The Balaban J connectivity index is 2.74. The van der Waals surface area contributed by atoms with Crippen molar-refractivity contribution in [1.29, 1.82) is 0 Å². The van der Waals surface area contributed by atoms with E-state index in [0.717, 1.165) is 5.56 Å². The van der Waals surface area contributed by atoms with Gasteiger partial charge in [-0.25, -0.2) is 0 Å². The second-order valence-electron chi connectivity index (χ2n) is 3.74. The highest BCUT2D eigenvalue weighted by Gasteiger charge is 2.26. The van der Waals surface area contributed by atoms with Crippen LogP contribution in [-0.4, -0.2) is 16.7 Å². The number of hydrogen-bond acceptors (Lipinski definition) is 2. The van der Waals surface area contributed by atoms with Crippen molar-refractivity contribution >= 4 is 0 Å². The van der Waals surface area contributed by atoms with Crippen LogP contribution in [0.15, 0.2) is 30.3 Å². The van der Waals surface area contributed by atoms with E-state index < -0.39 is 11.6 Å². The Morgan fingerprint density at radius 1 is 1.50 bits per heavy atom. The van der Waals surface area contributed by atoms with E-state index in [2.05, 4.69) is 5.92 Å². The van der Waals surface area contributed by atoms with Crippen molar-refractivity contribution in [2.75, 3.05) is 0 Å². The van der Waals surface area contributed by atoms with E-state index in [4.69, 9.17) is 12.2 Å². The van der Waals surface area contributed by atoms with Crippen LogP contribution in [0, 0.1) is 12.3 Å². The quantitative estimate of drug-likeness (QED) is 0.695. The summed E-state index contributed by atoms with van der Waals surface area (Å²) in [6, 6.07) is 9.75. The van der Waals surface area contributed by atoms with Crippen LogP contribution < -0.4 is 5.73 Å². The van der Waals surface area contributed by atoms with Crippen LogP contribution in [-0.2, 0) is 6.42 Å². The molecule has 0 aliphatic heterocycles. The Morgan fingerprint density at radius 2 is 2.07 bits per heavy atom. The zero-order valence-corrected chi connectivity index (χ0v) is 8.27. The van der Waals surface area contributed by atoms with Crippen LogP contribution in [0.3, 0.4) is 0 Å². The molecule has 1 aromatic carbocycles. The lowest BCUT2D eigenvalue weighted by atomic mass is 9.89. The molecule has 1 rings (SSSR count). The largest absolute Gasteiger partial charge is 0.378 e. The summed E-state index contributed by atoms with van der Waals surface area (Å²) in [5.74, 6) is 2.26. The molecule has 0 saturated carbocycles. The van der Waals surface area contributed by atoms with Crippen molar-refractivity contribution in [3.05, 3.63) is 35.9 Å². The molecule has 0 radical (unpaired) electrons. The molecular formula is C12H15NO. The monoisotopic (exact) mass is 189 g/mol. The highest BCUT2D eigenvalue weighted by Crippen LogP contribution is 2.13. The molecule has 0 aliphatic carbocycles. The smallest absolute Gasteiger partial charge is 0.132 e. The van der Waals surface area contributed by atoms with Crippen molar-refractivity contribution in [2.45, 2.75) is 25.0 Å². The van der Waals surface area contributed by atoms with E-state index in [1.165, 1.54) is 0 Å².